The number of benzene rings is 1. The first-order chi connectivity index (χ1) is 10.9. The Balaban J connectivity index is 1.68. The first-order valence-electron chi connectivity index (χ1n) is 7.95. The van der Waals surface area contributed by atoms with Crippen molar-refractivity contribution in [2.45, 2.75) is 27.7 Å². The number of carbonyl (C=O) groups excluding carboxylic acids is 1. The average Bonchev–Trinajstić information content (AvgIpc) is 2.88. The second-order valence-corrected chi connectivity index (χ2v) is 7.07. The normalized spacial score (nSPS) is 21.6. The van der Waals surface area contributed by atoms with Crippen LogP contribution in [0.3, 0.4) is 0 Å². The fraction of sp³-hybridized carbons (Fsp3) is 0.368. The molecule has 1 aromatic heterocycles. The highest BCUT2D eigenvalue weighted by Gasteiger charge is 2.60. The van der Waals surface area contributed by atoms with E-state index in [4.69, 9.17) is 0 Å². The minimum atomic E-state index is 0.0372. The van der Waals surface area contributed by atoms with Gasteiger partial charge in [-0.3, -0.25) is 4.79 Å². The summed E-state index contributed by atoms with van der Waals surface area (Å²) in [7, 11) is 0. The molecule has 4 heteroatoms. The van der Waals surface area contributed by atoms with E-state index in [1.165, 1.54) is 5.57 Å². The first-order valence-corrected chi connectivity index (χ1v) is 7.95. The molecule has 1 aliphatic rings. The summed E-state index contributed by atoms with van der Waals surface area (Å²) in [6.45, 7) is 8.47. The summed E-state index contributed by atoms with van der Waals surface area (Å²) in [6, 6.07) is 7.75. The number of nitrogens with one attached hydrogen (secondary N) is 2. The third kappa shape index (κ3) is 3.07. The molecule has 0 radical (unpaired) electrons. The monoisotopic (exact) mass is 309 g/mol. The van der Waals surface area contributed by atoms with E-state index in [1.807, 2.05) is 24.3 Å². The van der Waals surface area contributed by atoms with Gasteiger partial charge in [0.05, 0.1) is 5.92 Å². The summed E-state index contributed by atoms with van der Waals surface area (Å²) < 4.78 is 0. The molecule has 1 saturated carbocycles. The fourth-order valence-corrected chi connectivity index (χ4v) is 3.20. The minimum absolute atomic E-state index is 0.0372. The first kappa shape index (κ1) is 15.5. The van der Waals surface area contributed by atoms with Crippen molar-refractivity contribution in [3.8, 4) is 11.4 Å². The van der Waals surface area contributed by atoms with Crippen LogP contribution in [0.2, 0.25) is 0 Å². The zero-order valence-electron chi connectivity index (χ0n) is 14.1. The number of carbonyl (C=O) groups is 1. The SMILES string of the molecule is CC(C)=CC1C(C(=O)Nc2ccc(-c3ncc[nH]3)cc2)C1(C)C. The number of rotatable bonds is 4. The van der Waals surface area contributed by atoms with Crippen LogP contribution in [0.25, 0.3) is 11.4 Å². The summed E-state index contributed by atoms with van der Waals surface area (Å²) in [5, 5.41) is 3.04. The Hall–Kier alpha value is -2.36. The molecular formula is C19H23N3O. The number of amides is 1. The lowest BCUT2D eigenvalue weighted by Gasteiger charge is -2.07. The Labute approximate surface area is 137 Å². The highest BCUT2D eigenvalue weighted by atomic mass is 16.2. The molecule has 2 unspecified atom stereocenters. The number of nitrogens with zero attached hydrogens (tertiary/aromatic N) is 1. The van der Waals surface area contributed by atoms with Gasteiger partial charge in [-0.25, -0.2) is 4.98 Å². The van der Waals surface area contributed by atoms with Crippen LogP contribution in [0.1, 0.15) is 27.7 Å². The number of aromatic nitrogens is 2. The Bertz CT molecular complexity index is 722. The number of hydrogen-bond donors (Lipinski definition) is 2. The molecule has 2 N–H and O–H groups in total. The molecule has 1 aliphatic carbocycles. The van der Waals surface area contributed by atoms with E-state index < -0.39 is 0 Å². The number of hydrogen-bond acceptors (Lipinski definition) is 2. The Morgan fingerprint density at radius 2 is 1.96 bits per heavy atom. The van der Waals surface area contributed by atoms with Crippen LogP contribution in [0.4, 0.5) is 5.69 Å². The van der Waals surface area contributed by atoms with Crippen molar-refractivity contribution in [3.63, 3.8) is 0 Å². The van der Waals surface area contributed by atoms with Crippen LogP contribution in [0, 0.1) is 17.3 Å². The Morgan fingerprint density at radius 1 is 1.26 bits per heavy atom. The van der Waals surface area contributed by atoms with Gasteiger partial charge in [0.2, 0.25) is 5.91 Å². The molecule has 0 aliphatic heterocycles. The summed E-state index contributed by atoms with van der Waals surface area (Å²) >= 11 is 0. The van der Waals surface area contributed by atoms with Crippen LogP contribution in [0.15, 0.2) is 48.3 Å². The topological polar surface area (TPSA) is 57.8 Å². The lowest BCUT2D eigenvalue weighted by molar-refractivity contribution is -0.118. The maximum atomic E-state index is 12.5. The van der Waals surface area contributed by atoms with Gasteiger partial charge in [0.25, 0.3) is 0 Å². The fourth-order valence-electron chi connectivity index (χ4n) is 3.20. The molecule has 2 aromatic rings. The van der Waals surface area contributed by atoms with E-state index >= 15 is 0 Å². The van der Waals surface area contributed by atoms with Crippen LogP contribution >= 0.6 is 0 Å². The predicted molar refractivity (Wildman–Crippen MR) is 92.8 cm³/mol. The highest BCUT2D eigenvalue weighted by molar-refractivity contribution is 5.95. The van der Waals surface area contributed by atoms with Crippen LogP contribution < -0.4 is 5.32 Å². The predicted octanol–water partition coefficient (Wildman–Crippen LogP) is 4.25. The van der Waals surface area contributed by atoms with Crippen LogP contribution in [0.5, 0.6) is 0 Å². The summed E-state index contributed by atoms with van der Waals surface area (Å²) in [5.74, 6) is 1.30. The zero-order valence-corrected chi connectivity index (χ0v) is 14.1. The molecule has 1 amide bonds. The summed E-state index contributed by atoms with van der Waals surface area (Å²) in [4.78, 5) is 19.8. The molecule has 23 heavy (non-hydrogen) atoms. The molecule has 4 nitrogen and oxygen atoms in total. The molecule has 0 bridgehead atoms. The van der Waals surface area contributed by atoms with Gasteiger partial charge in [-0.2, -0.15) is 0 Å². The minimum Gasteiger partial charge on any atom is -0.345 e. The average molecular weight is 309 g/mol. The molecule has 120 valence electrons. The summed E-state index contributed by atoms with van der Waals surface area (Å²) in [5.41, 5.74) is 3.13. The molecule has 0 saturated heterocycles. The third-order valence-corrected chi connectivity index (χ3v) is 4.63. The van der Waals surface area contributed by atoms with Gasteiger partial charge in [0.1, 0.15) is 5.82 Å². The number of allylic oxidation sites excluding steroid dienone is 2. The van der Waals surface area contributed by atoms with Gasteiger partial charge >= 0.3 is 0 Å². The van der Waals surface area contributed by atoms with Gasteiger partial charge in [-0.1, -0.05) is 25.5 Å². The molecule has 1 heterocycles. The maximum Gasteiger partial charge on any atom is 0.228 e. The molecule has 1 fully saturated rings. The molecule has 1 aromatic carbocycles. The third-order valence-electron chi connectivity index (χ3n) is 4.63. The quantitative estimate of drug-likeness (QED) is 0.829. The van der Waals surface area contributed by atoms with Crippen LogP contribution in [-0.4, -0.2) is 15.9 Å². The van der Waals surface area contributed by atoms with Gasteiger partial charge in [0, 0.05) is 23.6 Å². The van der Waals surface area contributed by atoms with Crippen molar-refractivity contribution in [1.29, 1.82) is 0 Å². The second-order valence-electron chi connectivity index (χ2n) is 7.07. The van der Waals surface area contributed by atoms with Gasteiger partial charge < -0.3 is 10.3 Å². The van der Waals surface area contributed by atoms with E-state index in [2.05, 4.69) is 49.1 Å². The number of H-pyrrole nitrogens is 1. The van der Waals surface area contributed by atoms with Crippen molar-refractivity contribution in [1.82, 2.24) is 9.97 Å². The molecular weight excluding hydrogens is 286 g/mol. The molecule has 3 rings (SSSR count). The van der Waals surface area contributed by atoms with E-state index in [0.29, 0.717) is 5.92 Å². The van der Waals surface area contributed by atoms with E-state index in [9.17, 15) is 4.79 Å². The molecule has 2 atom stereocenters. The Kier molecular flexibility index (Phi) is 3.84. The standard InChI is InChI=1S/C19H23N3O/c1-12(2)11-15-16(19(15,3)4)18(23)22-14-7-5-13(6-8-14)17-20-9-10-21-17/h5-11,15-16H,1-4H3,(H,20,21)(H,22,23). The smallest absolute Gasteiger partial charge is 0.228 e. The number of anilines is 1. The van der Waals surface area contributed by atoms with Crippen molar-refractivity contribution < 1.29 is 4.79 Å². The van der Waals surface area contributed by atoms with Gasteiger partial charge in [-0.05, 0) is 49.4 Å². The maximum absolute atomic E-state index is 12.5. The summed E-state index contributed by atoms with van der Waals surface area (Å²) in [6.07, 6.45) is 5.73. The Morgan fingerprint density at radius 3 is 2.52 bits per heavy atom. The van der Waals surface area contributed by atoms with Crippen molar-refractivity contribution in [3.05, 3.63) is 48.3 Å². The number of aromatic amines is 1. The van der Waals surface area contributed by atoms with E-state index in [-0.39, 0.29) is 17.2 Å². The highest BCUT2D eigenvalue weighted by Crippen LogP contribution is 2.59. The van der Waals surface area contributed by atoms with Gasteiger partial charge in [-0.15, -0.1) is 0 Å². The second kappa shape index (κ2) is 5.69. The lowest BCUT2D eigenvalue weighted by Crippen LogP contribution is -2.16. The van der Waals surface area contributed by atoms with E-state index in [1.54, 1.807) is 12.4 Å². The van der Waals surface area contributed by atoms with Crippen molar-refractivity contribution >= 4 is 11.6 Å². The van der Waals surface area contributed by atoms with Crippen molar-refractivity contribution in [2.24, 2.45) is 17.3 Å². The number of imidazole rings is 1. The largest absolute Gasteiger partial charge is 0.345 e. The van der Waals surface area contributed by atoms with E-state index in [0.717, 1.165) is 17.1 Å². The lowest BCUT2D eigenvalue weighted by atomic mass is 10.1. The van der Waals surface area contributed by atoms with Crippen molar-refractivity contribution in [2.75, 3.05) is 5.32 Å². The zero-order chi connectivity index (χ0) is 16.6. The van der Waals surface area contributed by atoms with Gasteiger partial charge in [0.15, 0.2) is 0 Å². The van der Waals surface area contributed by atoms with Crippen LogP contribution in [-0.2, 0) is 4.79 Å². The molecule has 0 spiro atoms.